The second-order valence-electron chi connectivity index (χ2n) is 5.70. The van der Waals surface area contributed by atoms with Crippen molar-refractivity contribution in [1.29, 1.82) is 0 Å². The van der Waals surface area contributed by atoms with Crippen LogP contribution in [-0.2, 0) is 14.3 Å². The highest BCUT2D eigenvalue weighted by Crippen LogP contribution is 2.33. The molecule has 2 heterocycles. The molecule has 0 aliphatic carbocycles. The van der Waals surface area contributed by atoms with Gasteiger partial charge in [-0.15, -0.1) is 0 Å². The molecule has 0 spiro atoms. The zero-order valence-corrected chi connectivity index (χ0v) is 15.0. The predicted octanol–water partition coefficient (Wildman–Crippen LogP) is 1.46. The second-order valence-corrected chi connectivity index (χ2v) is 5.70. The van der Waals surface area contributed by atoms with Crippen molar-refractivity contribution < 1.29 is 33.0 Å². The molecule has 28 heavy (non-hydrogen) atoms. The van der Waals surface area contributed by atoms with Crippen molar-refractivity contribution in [2.45, 2.75) is 6.92 Å². The number of carbonyl (C=O) groups excluding carboxylic acids is 3. The number of nitrogens with one attached hydrogen (secondary N) is 2. The zero-order chi connectivity index (χ0) is 19.9. The van der Waals surface area contributed by atoms with E-state index >= 15 is 0 Å². The summed E-state index contributed by atoms with van der Waals surface area (Å²) in [5, 5.41) is 5.10. The molecule has 1 aromatic carbocycles. The van der Waals surface area contributed by atoms with E-state index in [0.29, 0.717) is 17.1 Å². The zero-order valence-electron chi connectivity index (χ0n) is 15.0. The Labute approximate surface area is 160 Å². The van der Waals surface area contributed by atoms with Crippen LogP contribution < -0.4 is 20.1 Å². The summed E-state index contributed by atoms with van der Waals surface area (Å²) < 4.78 is 20.4. The summed E-state index contributed by atoms with van der Waals surface area (Å²) >= 11 is 0. The van der Waals surface area contributed by atoms with Gasteiger partial charge in [0, 0.05) is 6.92 Å². The number of hydrogen-bond acceptors (Lipinski definition) is 7. The smallest absolute Gasteiger partial charge is 0.302 e. The van der Waals surface area contributed by atoms with Gasteiger partial charge in [-0.25, -0.2) is 0 Å². The summed E-state index contributed by atoms with van der Waals surface area (Å²) in [5.74, 6) is -0.373. The molecular formula is C19H18N2O7. The molecule has 0 bridgehead atoms. The van der Waals surface area contributed by atoms with Gasteiger partial charge in [-0.2, -0.15) is 0 Å². The third-order valence-electron chi connectivity index (χ3n) is 3.64. The molecule has 0 radical (unpaired) electrons. The van der Waals surface area contributed by atoms with Crippen molar-refractivity contribution in [3.05, 3.63) is 53.6 Å². The number of ether oxygens (including phenoxy) is 3. The van der Waals surface area contributed by atoms with E-state index in [9.17, 15) is 14.4 Å². The van der Waals surface area contributed by atoms with Crippen molar-refractivity contribution >= 4 is 23.9 Å². The molecule has 2 aromatic rings. The molecule has 9 heteroatoms. The maximum Gasteiger partial charge on any atom is 0.302 e. The largest absolute Gasteiger partial charge is 0.464 e. The Bertz CT molecular complexity index is 903. The normalized spacial score (nSPS) is 12.4. The summed E-state index contributed by atoms with van der Waals surface area (Å²) in [6.07, 6.45) is 2.85. The SMILES string of the molecule is CC(=O)OCCNC(=O)/C(=C\c1ccc2c(c1)OCO2)NC(=O)c1ccco1. The summed E-state index contributed by atoms with van der Waals surface area (Å²) in [6.45, 7) is 1.51. The number of hydrogen-bond donors (Lipinski definition) is 2. The van der Waals surface area contributed by atoms with Crippen LogP contribution in [0.15, 0.2) is 46.7 Å². The first-order valence-corrected chi connectivity index (χ1v) is 8.40. The minimum Gasteiger partial charge on any atom is -0.464 e. The lowest BCUT2D eigenvalue weighted by molar-refractivity contribution is -0.141. The topological polar surface area (TPSA) is 116 Å². The third-order valence-corrected chi connectivity index (χ3v) is 3.64. The first kappa shape index (κ1) is 19.0. The van der Waals surface area contributed by atoms with E-state index in [2.05, 4.69) is 10.6 Å². The molecular weight excluding hydrogens is 368 g/mol. The fraction of sp³-hybridized carbons (Fsp3) is 0.211. The van der Waals surface area contributed by atoms with Gasteiger partial charge >= 0.3 is 5.97 Å². The molecule has 3 rings (SSSR count). The van der Waals surface area contributed by atoms with Crippen LogP contribution in [0.5, 0.6) is 11.5 Å². The average Bonchev–Trinajstić information content (AvgIpc) is 3.35. The number of amides is 2. The van der Waals surface area contributed by atoms with Gasteiger partial charge in [0.2, 0.25) is 6.79 Å². The quantitative estimate of drug-likeness (QED) is 0.420. The lowest BCUT2D eigenvalue weighted by Crippen LogP contribution is -2.36. The number of fused-ring (bicyclic) bond motifs is 1. The molecule has 2 amide bonds. The summed E-state index contributed by atoms with van der Waals surface area (Å²) in [4.78, 5) is 35.6. The van der Waals surface area contributed by atoms with Crippen LogP contribution >= 0.6 is 0 Å². The monoisotopic (exact) mass is 386 g/mol. The van der Waals surface area contributed by atoms with Gasteiger partial charge in [0.15, 0.2) is 17.3 Å². The van der Waals surface area contributed by atoms with E-state index in [-0.39, 0.29) is 31.4 Å². The maximum atomic E-state index is 12.5. The molecule has 0 fully saturated rings. The molecule has 2 N–H and O–H groups in total. The van der Waals surface area contributed by atoms with Crippen LogP contribution in [-0.4, -0.2) is 37.7 Å². The van der Waals surface area contributed by atoms with Crippen molar-refractivity contribution in [3.8, 4) is 11.5 Å². The second kappa shape index (κ2) is 8.76. The summed E-state index contributed by atoms with van der Waals surface area (Å²) in [7, 11) is 0. The Hall–Kier alpha value is -3.75. The standard InChI is InChI=1S/C19H18N2O7/c1-12(22)25-8-6-20-18(23)14(21-19(24)16-3-2-7-26-16)9-13-4-5-15-17(10-13)28-11-27-15/h2-5,7,9-10H,6,8,11H2,1H3,(H,20,23)(H,21,24)/b14-9+. The first-order valence-electron chi connectivity index (χ1n) is 8.40. The Morgan fingerprint density at radius 1 is 1.18 bits per heavy atom. The minimum absolute atomic E-state index is 0.0110. The molecule has 0 unspecified atom stereocenters. The highest BCUT2D eigenvalue weighted by Gasteiger charge is 2.18. The number of carbonyl (C=O) groups is 3. The molecule has 0 atom stereocenters. The van der Waals surface area contributed by atoms with Crippen LogP contribution in [0.1, 0.15) is 23.0 Å². The number of esters is 1. The molecule has 1 aromatic heterocycles. The van der Waals surface area contributed by atoms with E-state index in [1.807, 2.05) is 0 Å². The van der Waals surface area contributed by atoms with Gasteiger partial charge in [0.25, 0.3) is 11.8 Å². The number of rotatable bonds is 7. The van der Waals surface area contributed by atoms with Crippen molar-refractivity contribution in [2.75, 3.05) is 19.9 Å². The molecule has 146 valence electrons. The van der Waals surface area contributed by atoms with E-state index in [0.717, 1.165) is 0 Å². The van der Waals surface area contributed by atoms with Gasteiger partial charge in [0.1, 0.15) is 12.3 Å². The Morgan fingerprint density at radius 2 is 2.00 bits per heavy atom. The fourth-order valence-electron chi connectivity index (χ4n) is 2.37. The Morgan fingerprint density at radius 3 is 2.75 bits per heavy atom. The van der Waals surface area contributed by atoms with E-state index < -0.39 is 17.8 Å². The number of benzene rings is 1. The van der Waals surface area contributed by atoms with Crippen molar-refractivity contribution in [2.24, 2.45) is 0 Å². The lowest BCUT2D eigenvalue weighted by Gasteiger charge is -2.10. The van der Waals surface area contributed by atoms with Crippen LogP contribution in [0.2, 0.25) is 0 Å². The van der Waals surface area contributed by atoms with Gasteiger partial charge in [-0.3, -0.25) is 14.4 Å². The van der Waals surface area contributed by atoms with Crippen LogP contribution in [0, 0.1) is 0 Å². The minimum atomic E-state index is -0.577. The van der Waals surface area contributed by atoms with Gasteiger partial charge in [0.05, 0.1) is 12.8 Å². The van der Waals surface area contributed by atoms with Crippen LogP contribution in [0.25, 0.3) is 6.08 Å². The van der Waals surface area contributed by atoms with Crippen LogP contribution in [0.3, 0.4) is 0 Å². The van der Waals surface area contributed by atoms with E-state index in [1.54, 1.807) is 24.3 Å². The number of furan rings is 1. The highest BCUT2D eigenvalue weighted by atomic mass is 16.7. The molecule has 1 aliphatic heterocycles. The first-order chi connectivity index (χ1) is 13.5. The molecule has 1 aliphatic rings. The fourth-order valence-corrected chi connectivity index (χ4v) is 2.37. The van der Waals surface area contributed by atoms with Crippen molar-refractivity contribution in [1.82, 2.24) is 10.6 Å². The summed E-state index contributed by atoms with van der Waals surface area (Å²) in [5.41, 5.74) is 0.609. The lowest BCUT2D eigenvalue weighted by atomic mass is 10.1. The predicted molar refractivity (Wildman–Crippen MR) is 96.4 cm³/mol. The van der Waals surface area contributed by atoms with Gasteiger partial charge in [-0.05, 0) is 35.9 Å². The van der Waals surface area contributed by atoms with E-state index in [1.165, 1.54) is 25.3 Å². The Balaban J connectivity index is 1.76. The van der Waals surface area contributed by atoms with Crippen LogP contribution in [0.4, 0.5) is 0 Å². The molecule has 0 saturated carbocycles. The summed E-state index contributed by atoms with van der Waals surface area (Å²) in [6, 6.07) is 8.16. The third kappa shape index (κ3) is 4.91. The van der Waals surface area contributed by atoms with Crippen molar-refractivity contribution in [3.63, 3.8) is 0 Å². The van der Waals surface area contributed by atoms with Gasteiger partial charge < -0.3 is 29.3 Å². The van der Waals surface area contributed by atoms with E-state index in [4.69, 9.17) is 18.6 Å². The maximum absolute atomic E-state index is 12.5. The highest BCUT2D eigenvalue weighted by molar-refractivity contribution is 6.04. The Kier molecular flexibility index (Phi) is 5.95. The molecule has 9 nitrogen and oxygen atoms in total. The van der Waals surface area contributed by atoms with Gasteiger partial charge in [-0.1, -0.05) is 6.07 Å². The molecule has 0 saturated heterocycles. The average molecular weight is 386 g/mol.